The molecule has 1 atom stereocenters. The van der Waals surface area contributed by atoms with Gasteiger partial charge in [0.05, 0.1) is 10.9 Å². The van der Waals surface area contributed by atoms with E-state index in [1.807, 2.05) is 30.5 Å². The first-order chi connectivity index (χ1) is 9.71. The number of rotatable bonds is 7. The molecule has 0 fully saturated rings. The van der Waals surface area contributed by atoms with Crippen LogP contribution in [0.4, 0.5) is 0 Å². The van der Waals surface area contributed by atoms with Crippen molar-refractivity contribution >= 4 is 27.3 Å². The van der Waals surface area contributed by atoms with Crippen molar-refractivity contribution in [3.63, 3.8) is 0 Å². The molecule has 108 valence electrons. The van der Waals surface area contributed by atoms with Crippen molar-refractivity contribution in [2.24, 2.45) is 5.92 Å². The van der Waals surface area contributed by atoms with Crippen molar-refractivity contribution in [3.8, 4) is 5.75 Å². The van der Waals surface area contributed by atoms with Crippen LogP contribution < -0.4 is 10.1 Å². The van der Waals surface area contributed by atoms with Gasteiger partial charge in [-0.15, -0.1) is 11.3 Å². The average molecular weight is 354 g/mol. The van der Waals surface area contributed by atoms with Crippen LogP contribution in [-0.4, -0.2) is 20.7 Å². The summed E-state index contributed by atoms with van der Waals surface area (Å²) in [6, 6.07) is 12.7. The molecule has 4 heteroatoms. The molecule has 0 spiro atoms. The fourth-order valence-corrected chi connectivity index (χ4v) is 3.94. The van der Waals surface area contributed by atoms with E-state index in [4.69, 9.17) is 4.74 Å². The minimum absolute atomic E-state index is 0.610. The Morgan fingerprint density at radius 3 is 2.45 bits per heavy atom. The lowest BCUT2D eigenvalue weighted by molar-refractivity contribution is 0.414. The van der Waals surface area contributed by atoms with Gasteiger partial charge >= 0.3 is 0 Å². The number of hydrogen-bond donors (Lipinski definition) is 1. The third-order valence-electron chi connectivity index (χ3n) is 3.29. The first kappa shape index (κ1) is 15.5. The summed E-state index contributed by atoms with van der Waals surface area (Å²) in [6.07, 6.45) is 2.20. The van der Waals surface area contributed by atoms with Crippen molar-refractivity contribution in [1.29, 1.82) is 0 Å². The monoisotopic (exact) mass is 353 g/mol. The van der Waals surface area contributed by atoms with Gasteiger partial charge in [0.25, 0.3) is 0 Å². The molecule has 0 saturated heterocycles. The smallest absolute Gasteiger partial charge is 0.118 e. The average Bonchev–Trinajstić information content (AvgIpc) is 2.85. The van der Waals surface area contributed by atoms with E-state index in [0.29, 0.717) is 5.92 Å². The summed E-state index contributed by atoms with van der Waals surface area (Å²) in [5.41, 5.74) is 1.36. The molecule has 1 aromatic heterocycles. The Morgan fingerprint density at radius 2 is 1.90 bits per heavy atom. The zero-order chi connectivity index (χ0) is 14.4. The Morgan fingerprint density at radius 1 is 1.15 bits per heavy atom. The Bertz CT molecular complexity index is 524. The molecular formula is C16H20BrNOS. The lowest BCUT2D eigenvalue weighted by atomic mass is 9.95. The van der Waals surface area contributed by atoms with Crippen molar-refractivity contribution in [2.75, 3.05) is 20.7 Å². The maximum atomic E-state index is 5.20. The summed E-state index contributed by atoms with van der Waals surface area (Å²) < 4.78 is 6.41. The van der Waals surface area contributed by atoms with Gasteiger partial charge in [-0.3, -0.25) is 0 Å². The van der Waals surface area contributed by atoms with Crippen LogP contribution in [0, 0.1) is 5.92 Å². The molecule has 1 heterocycles. The molecule has 2 aromatic rings. The maximum absolute atomic E-state index is 5.20. The fraction of sp³-hybridized carbons (Fsp3) is 0.375. The number of thiophene rings is 1. The second-order valence-corrected chi connectivity index (χ2v) is 7.43. The Kier molecular flexibility index (Phi) is 6.07. The molecule has 0 radical (unpaired) electrons. The largest absolute Gasteiger partial charge is 0.497 e. The van der Waals surface area contributed by atoms with E-state index in [2.05, 4.69) is 45.5 Å². The zero-order valence-electron chi connectivity index (χ0n) is 11.9. The number of halogens is 1. The Balaban J connectivity index is 2.00. The molecule has 0 saturated carbocycles. The third kappa shape index (κ3) is 4.62. The van der Waals surface area contributed by atoms with Crippen LogP contribution in [0.25, 0.3) is 0 Å². The summed E-state index contributed by atoms with van der Waals surface area (Å²) in [7, 11) is 3.72. The van der Waals surface area contributed by atoms with Gasteiger partial charge in [0.1, 0.15) is 5.75 Å². The quantitative estimate of drug-likeness (QED) is 0.807. The molecule has 0 aliphatic rings. The van der Waals surface area contributed by atoms with Crippen molar-refractivity contribution in [1.82, 2.24) is 5.32 Å². The van der Waals surface area contributed by atoms with Gasteiger partial charge in [-0.25, -0.2) is 0 Å². The summed E-state index contributed by atoms with van der Waals surface area (Å²) in [5, 5.41) is 3.31. The van der Waals surface area contributed by atoms with Gasteiger partial charge in [0, 0.05) is 4.88 Å². The molecule has 1 N–H and O–H groups in total. The summed E-state index contributed by atoms with van der Waals surface area (Å²) in [5.74, 6) is 1.53. The number of methoxy groups -OCH3 is 1. The van der Waals surface area contributed by atoms with Gasteiger partial charge in [0.2, 0.25) is 0 Å². The topological polar surface area (TPSA) is 21.3 Å². The molecule has 2 nitrogen and oxygen atoms in total. The third-order valence-corrected chi connectivity index (χ3v) is 4.94. The molecule has 2 rings (SSSR count). The van der Waals surface area contributed by atoms with Crippen LogP contribution >= 0.6 is 27.3 Å². The highest BCUT2D eigenvalue weighted by atomic mass is 79.9. The van der Waals surface area contributed by atoms with Crippen molar-refractivity contribution < 1.29 is 4.74 Å². The summed E-state index contributed by atoms with van der Waals surface area (Å²) in [6.45, 7) is 1.03. The van der Waals surface area contributed by atoms with E-state index in [1.165, 1.54) is 14.2 Å². The molecule has 0 aliphatic carbocycles. The standard InChI is InChI=1S/C16H20BrNOS/c1-18-11-13(10-15-7-8-16(17)20-15)9-12-3-5-14(19-2)6-4-12/h3-8,13,18H,9-11H2,1-2H3. The fourth-order valence-electron chi connectivity index (χ4n) is 2.35. The predicted octanol–water partition coefficient (Wildman–Crippen LogP) is 4.14. The number of nitrogens with one attached hydrogen (secondary N) is 1. The minimum Gasteiger partial charge on any atom is -0.497 e. The van der Waals surface area contributed by atoms with Crippen LogP contribution in [0.2, 0.25) is 0 Å². The molecule has 0 bridgehead atoms. The first-order valence-electron chi connectivity index (χ1n) is 6.73. The lowest BCUT2D eigenvalue weighted by Gasteiger charge is -2.16. The van der Waals surface area contributed by atoms with Crippen LogP contribution in [0.15, 0.2) is 40.2 Å². The maximum Gasteiger partial charge on any atom is 0.118 e. The molecule has 0 aliphatic heterocycles. The lowest BCUT2D eigenvalue weighted by Crippen LogP contribution is -2.22. The normalized spacial score (nSPS) is 12.3. The van der Waals surface area contributed by atoms with Crippen LogP contribution in [0.5, 0.6) is 5.75 Å². The molecule has 0 amide bonds. The molecule has 1 unspecified atom stereocenters. The zero-order valence-corrected chi connectivity index (χ0v) is 14.3. The second-order valence-electron chi connectivity index (χ2n) is 4.89. The van der Waals surface area contributed by atoms with E-state index in [-0.39, 0.29) is 0 Å². The van der Waals surface area contributed by atoms with Crippen LogP contribution in [0.3, 0.4) is 0 Å². The highest BCUT2D eigenvalue weighted by Gasteiger charge is 2.11. The number of benzene rings is 1. The Labute approximate surface area is 133 Å². The van der Waals surface area contributed by atoms with Crippen molar-refractivity contribution in [2.45, 2.75) is 12.8 Å². The molecular weight excluding hydrogens is 334 g/mol. The highest BCUT2D eigenvalue weighted by molar-refractivity contribution is 9.11. The molecule has 1 aromatic carbocycles. The summed E-state index contributed by atoms with van der Waals surface area (Å²) in [4.78, 5) is 1.44. The van der Waals surface area contributed by atoms with E-state index in [9.17, 15) is 0 Å². The van der Waals surface area contributed by atoms with E-state index < -0.39 is 0 Å². The Hall–Kier alpha value is -0.840. The van der Waals surface area contributed by atoms with Gasteiger partial charge in [-0.2, -0.15) is 0 Å². The minimum atomic E-state index is 0.610. The van der Waals surface area contributed by atoms with Gasteiger partial charge < -0.3 is 10.1 Å². The number of ether oxygens (including phenoxy) is 1. The van der Waals surface area contributed by atoms with Gasteiger partial charge in [0.15, 0.2) is 0 Å². The summed E-state index contributed by atoms with van der Waals surface area (Å²) >= 11 is 5.36. The van der Waals surface area contributed by atoms with Crippen LogP contribution in [0.1, 0.15) is 10.4 Å². The van der Waals surface area contributed by atoms with Gasteiger partial charge in [-0.1, -0.05) is 12.1 Å². The molecule has 20 heavy (non-hydrogen) atoms. The van der Waals surface area contributed by atoms with E-state index in [1.54, 1.807) is 7.11 Å². The predicted molar refractivity (Wildman–Crippen MR) is 89.8 cm³/mol. The van der Waals surface area contributed by atoms with Gasteiger partial charge in [-0.05, 0) is 78.1 Å². The second kappa shape index (κ2) is 7.81. The SMILES string of the molecule is CNCC(Cc1ccc(OC)cc1)Cc1ccc(Br)s1. The van der Waals surface area contributed by atoms with Crippen LogP contribution in [-0.2, 0) is 12.8 Å². The van der Waals surface area contributed by atoms with Crippen molar-refractivity contribution in [3.05, 3.63) is 50.6 Å². The highest BCUT2D eigenvalue weighted by Crippen LogP contribution is 2.25. The number of hydrogen-bond acceptors (Lipinski definition) is 3. The first-order valence-corrected chi connectivity index (χ1v) is 8.34. The van der Waals surface area contributed by atoms with E-state index >= 15 is 0 Å². The van der Waals surface area contributed by atoms with E-state index in [0.717, 1.165) is 25.1 Å².